The lowest BCUT2D eigenvalue weighted by Gasteiger charge is -2.08. The van der Waals surface area contributed by atoms with Crippen LogP contribution in [0.15, 0.2) is 47.2 Å². The second-order valence-electron chi connectivity index (χ2n) is 7.10. The van der Waals surface area contributed by atoms with Crippen molar-refractivity contribution in [2.24, 2.45) is 5.92 Å². The maximum Gasteiger partial charge on any atom is 0.421 e. The molecule has 1 N–H and O–H groups in total. The molecule has 1 aromatic carbocycles. The molecule has 160 valence electrons. The van der Waals surface area contributed by atoms with Crippen molar-refractivity contribution in [3.8, 4) is 11.3 Å². The van der Waals surface area contributed by atoms with Gasteiger partial charge in [0.2, 0.25) is 0 Å². The molecule has 0 atom stereocenters. The molecule has 0 fully saturated rings. The van der Waals surface area contributed by atoms with Crippen LogP contribution >= 0.6 is 11.3 Å². The Morgan fingerprint density at radius 1 is 1.27 bits per heavy atom. The molecule has 0 saturated heterocycles. The van der Waals surface area contributed by atoms with Crippen molar-refractivity contribution < 1.29 is 17.9 Å². The number of sulfonamides is 1. The fourth-order valence-corrected chi connectivity index (χ4v) is 5.49. The van der Waals surface area contributed by atoms with Gasteiger partial charge in [0.15, 0.2) is 4.21 Å². The molecule has 0 aliphatic rings. The molecule has 2 aromatic heterocycles. The van der Waals surface area contributed by atoms with E-state index in [1.807, 2.05) is 53.6 Å². The van der Waals surface area contributed by atoms with Crippen molar-refractivity contribution in [3.05, 3.63) is 53.6 Å². The Labute approximate surface area is 180 Å². The lowest BCUT2D eigenvalue weighted by atomic mass is 10.1. The van der Waals surface area contributed by atoms with Crippen LogP contribution in [0.5, 0.6) is 0 Å². The zero-order chi connectivity index (χ0) is 21.7. The maximum atomic E-state index is 12.8. The zero-order valence-corrected chi connectivity index (χ0v) is 18.7. The number of ether oxygens (including phenoxy) is 1. The number of nitrogens with zero attached hydrogens (tertiary/aromatic N) is 3. The van der Waals surface area contributed by atoms with Gasteiger partial charge < -0.3 is 9.30 Å². The summed E-state index contributed by atoms with van der Waals surface area (Å²) in [5.74, 6) is 0.315. The lowest BCUT2D eigenvalue weighted by molar-refractivity contribution is 0.158. The maximum absolute atomic E-state index is 12.8. The number of thiazole rings is 1. The highest BCUT2D eigenvalue weighted by molar-refractivity contribution is 7.92. The van der Waals surface area contributed by atoms with Gasteiger partial charge in [-0.3, -0.25) is 0 Å². The normalized spacial score (nSPS) is 11.6. The van der Waals surface area contributed by atoms with Gasteiger partial charge in [0.05, 0.1) is 17.9 Å². The van der Waals surface area contributed by atoms with Crippen LogP contribution in [0.3, 0.4) is 0 Å². The number of benzene rings is 1. The Morgan fingerprint density at radius 2 is 2.00 bits per heavy atom. The van der Waals surface area contributed by atoms with Gasteiger partial charge in [-0.05, 0) is 18.4 Å². The highest BCUT2D eigenvalue weighted by Crippen LogP contribution is 2.33. The van der Waals surface area contributed by atoms with E-state index in [2.05, 4.69) is 9.97 Å². The van der Waals surface area contributed by atoms with E-state index in [0.717, 1.165) is 16.9 Å². The SMILES string of the molecule is CCOC(=O)NS(=O)(=O)c1sc(CC(C)C)nc1-c1ccc(Cn2ccnc2)cc1. The fourth-order valence-electron chi connectivity index (χ4n) is 2.83. The van der Waals surface area contributed by atoms with E-state index < -0.39 is 16.1 Å². The molecule has 0 radical (unpaired) electrons. The van der Waals surface area contributed by atoms with Crippen molar-refractivity contribution in [2.75, 3.05) is 6.61 Å². The van der Waals surface area contributed by atoms with E-state index >= 15 is 0 Å². The molecular weight excluding hydrogens is 424 g/mol. The number of hydrogen-bond donors (Lipinski definition) is 1. The molecule has 30 heavy (non-hydrogen) atoms. The van der Waals surface area contributed by atoms with E-state index in [9.17, 15) is 13.2 Å². The highest BCUT2D eigenvalue weighted by atomic mass is 32.2. The summed E-state index contributed by atoms with van der Waals surface area (Å²) in [6.45, 7) is 6.42. The van der Waals surface area contributed by atoms with E-state index in [0.29, 0.717) is 35.1 Å². The molecule has 0 spiro atoms. The van der Waals surface area contributed by atoms with Crippen molar-refractivity contribution in [1.29, 1.82) is 0 Å². The Morgan fingerprint density at radius 3 is 2.60 bits per heavy atom. The van der Waals surface area contributed by atoms with Crippen molar-refractivity contribution in [3.63, 3.8) is 0 Å². The van der Waals surface area contributed by atoms with Gasteiger partial charge in [-0.25, -0.2) is 27.9 Å². The van der Waals surface area contributed by atoms with Gasteiger partial charge >= 0.3 is 6.09 Å². The summed E-state index contributed by atoms with van der Waals surface area (Å²) in [6, 6.07) is 7.52. The molecule has 10 heteroatoms. The third-order valence-electron chi connectivity index (χ3n) is 4.11. The molecule has 0 aliphatic carbocycles. The zero-order valence-electron chi connectivity index (χ0n) is 17.0. The van der Waals surface area contributed by atoms with E-state index in [4.69, 9.17) is 4.74 Å². The molecule has 0 bridgehead atoms. The summed E-state index contributed by atoms with van der Waals surface area (Å²) in [6.07, 6.45) is 4.97. The smallest absolute Gasteiger partial charge is 0.421 e. The summed E-state index contributed by atoms with van der Waals surface area (Å²) in [4.78, 5) is 20.3. The summed E-state index contributed by atoms with van der Waals surface area (Å²) in [5, 5.41) is 0.701. The quantitative estimate of drug-likeness (QED) is 0.564. The number of aromatic nitrogens is 3. The fraction of sp³-hybridized carbons (Fsp3) is 0.350. The Kier molecular flexibility index (Phi) is 6.88. The van der Waals surface area contributed by atoms with Crippen LogP contribution in [0.1, 0.15) is 31.3 Å². The van der Waals surface area contributed by atoms with Gasteiger partial charge in [-0.1, -0.05) is 38.1 Å². The molecule has 1 amide bonds. The van der Waals surface area contributed by atoms with E-state index in [1.165, 1.54) is 0 Å². The average Bonchev–Trinajstić information content (AvgIpc) is 3.32. The Bertz CT molecular complexity index is 1090. The molecule has 3 aromatic rings. The predicted octanol–water partition coefficient (Wildman–Crippen LogP) is 3.69. The van der Waals surface area contributed by atoms with Gasteiger partial charge in [0.25, 0.3) is 10.0 Å². The van der Waals surface area contributed by atoms with Gasteiger partial charge in [0, 0.05) is 30.9 Å². The van der Waals surface area contributed by atoms with Crippen molar-refractivity contribution >= 4 is 27.5 Å². The number of carbonyl (C=O) groups is 1. The third-order valence-corrected chi connectivity index (χ3v) is 7.01. The number of rotatable bonds is 8. The first kappa shape index (κ1) is 22.0. The average molecular weight is 449 g/mol. The van der Waals surface area contributed by atoms with Crippen LogP contribution in [0, 0.1) is 5.92 Å². The summed E-state index contributed by atoms with van der Waals surface area (Å²) >= 11 is 1.08. The standard InChI is InChI=1S/C20H24N4O4S2/c1-4-28-20(25)23-30(26,27)19-18(22-17(29-19)11-14(2)3)16-7-5-15(6-8-16)12-24-10-9-21-13-24/h5-10,13-14H,4,11-12H2,1-3H3,(H,23,25). The Hall–Kier alpha value is -2.72. The number of carbonyl (C=O) groups excluding carboxylic acids is 1. The molecule has 0 saturated carbocycles. The number of hydrogen-bond acceptors (Lipinski definition) is 7. The Balaban J connectivity index is 1.94. The molecule has 0 aliphatic heterocycles. The van der Waals surface area contributed by atoms with Crippen LogP contribution in [0.4, 0.5) is 4.79 Å². The van der Waals surface area contributed by atoms with Crippen LogP contribution in [0.2, 0.25) is 0 Å². The van der Waals surface area contributed by atoms with Gasteiger partial charge in [-0.2, -0.15) is 0 Å². The molecular formula is C20H24N4O4S2. The molecule has 2 heterocycles. The lowest BCUT2D eigenvalue weighted by Crippen LogP contribution is -2.30. The van der Waals surface area contributed by atoms with Crippen LogP contribution in [-0.4, -0.2) is 35.7 Å². The number of amides is 1. The topological polar surface area (TPSA) is 103 Å². The summed E-state index contributed by atoms with van der Waals surface area (Å²) in [5.41, 5.74) is 2.05. The minimum atomic E-state index is -4.11. The molecule has 8 nitrogen and oxygen atoms in total. The highest BCUT2D eigenvalue weighted by Gasteiger charge is 2.27. The van der Waals surface area contributed by atoms with Gasteiger partial charge in [0.1, 0.15) is 5.69 Å². The first-order valence-electron chi connectivity index (χ1n) is 9.52. The number of nitrogens with one attached hydrogen (secondary N) is 1. The van der Waals surface area contributed by atoms with Crippen molar-refractivity contribution in [2.45, 2.75) is 37.9 Å². The number of imidazole rings is 1. The second kappa shape index (κ2) is 9.40. The minimum absolute atomic E-state index is 0.00793. The van der Waals surface area contributed by atoms with Crippen LogP contribution < -0.4 is 4.72 Å². The third kappa shape index (κ3) is 5.45. The van der Waals surface area contributed by atoms with E-state index in [-0.39, 0.29) is 10.8 Å². The van der Waals surface area contributed by atoms with Crippen molar-refractivity contribution in [1.82, 2.24) is 19.3 Å². The summed E-state index contributed by atoms with van der Waals surface area (Å²) in [7, 11) is -4.11. The van der Waals surface area contributed by atoms with Gasteiger partial charge in [-0.15, -0.1) is 11.3 Å². The monoisotopic (exact) mass is 448 g/mol. The first-order valence-corrected chi connectivity index (χ1v) is 11.8. The van der Waals surface area contributed by atoms with Crippen LogP contribution in [0.25, 0.3) is 11.3 Å². The molecule has 3 rings (SSSR count). The predicted molar refractivity (Wildman–Crippen MR) is 115 cm³/mol. The van der Waals surface area contributed by atoms with E-state index in [1.54, 1.807) is 19.4 Å². The second-order valence-corrected chi connectivity index (χ2v) is 10.1. The first-order chi connectivity index (χ1) is 14.3. The molecule has 0 unspecified atom stereocenters. The summed E-state index contributed by atoms with van der Waals surface area (Å²) < 4.78 is 34.3. The minimum Gasteiger partial charge on any atom is -0.449 e. The van der Waals surface area contributed by atoms with Crippen LogP contribution in [-0.2, 0) is 27.7 Å². The largest absolute Gasteiger partial charge is 0.449 e.